The second-order valence-corrected chi connectivity index (χ2v) is 11.6. The Hall–Kier alpha value is -4.41. The minimum atomic E-state index is -2.97. The molecule has 0 N–H and O–H groups in total. The number of imidazole rings is 1. The van der Waals surface area contributed by atoms with Crippen molar-refractivity contribution in [2.24, 2.45) is 17.8 Å². The number of aromatic nitrogens is 4. The molecule has 1 amide bonds. The zero-order chi connectivity index (χ0) is 29.1. The molecule has 216 valence electrons. The number of nitrogens with zero attached hydrogens (tertiary/aromatic N) is 6. The number of carbonyl (C=O) groups excluding carboxylic acids is 2. The third kappa shape index (κ3) is 4.38. The molecular formula is C31H30F2N6O3. The summed E-state index contributed by atoms with van der Waals surface area (Å²) >= 11 is 0. The van der Waals surface area contributed by atoms with Crippen molar-refractivity contribution in [1.29, 1.82) is 0 Å². The lowest BCUT2D eigenvalue weighted by molar-refractivity contribution is -0.135. The normalized spacial score (nSPS) is 23.1. The fourth-order valence-corrected chi connectivity index (χ4v) is 7.10. The van der Waals surface area contributed by atoms with Gasteiger partial charge < -0.3 is 18.9 Å². The molecule has 1 aromatic carbocycles. The lowest BCUT2D eigenvalue weighted by Crippen LogP contribution is -2.48. The third-order valence-electron chi connectivity index (χ3n) is 8.96. The van der Waals surface area contributed by atoms with Crippen LogP contribution in [0.2, 0.25) is 0 Å². The minimum absolute atomic E-state index is 0.0526. The van der Waals surface area contributed by atoms with Crippen molar-refractivity contribution in [1.82, 2.24) is 24.3 Å². The van der Waals surface area contributed by atoms with Crippen molar-refractivity contribution in [3.8, 4) is 16.9 Å². The summed E-state index contributed by atoms with van der Waals surface area (Å²) in [6.45, 7) is -1.44. The van der Waals surface area contributed by atoms with E-state index in [1.807, 2.05) is 36.8 Å². The molecule has 3 aromatic heterocycles. The van der Waals surface area contributed by atoms with Crippen molar-refractivity contribution < 1.29 is 23.1 Å². The zero-order valence-electron chi connectivity index (χ0n) is 23.3. The Morgan fingerprint density at radius 2 is 1.74 bits per heavy atom. The van der Waals surface area contributed by atoms with E-state index in [9.17, 15) is 18.4 Å². The Labute approximate surface area is 241 Å². The number of amides is 1. The molecule has 9 nitrogen and oxygen atoms in total. The van der Waals surface area contributed by atoms with Crippen LogP contribution in [0.1, 0.15) is 46.9 Å². The van der Waals surface area contributed by atoms with Gasteiger partial charge in [-0.3, -0.25) is 9.59 Å². The maximum Gasteiger partial charge on any atom is 0.387 e. The average molecular weight is 573 g/mol. The fourth-order valence-electron chi connectivity index (χ4n) is 7.10. The molecule has 0 spiro atoms. The maximum absolute atomic E-state index is 13.1. The van der Waals surface area contributed by atoms with Crippen molar-refractivity contribution in [3.05, 3.63) is 71.9 Å². The molecule has 4 heterocycles. The molecule has 3 aliphatic rings. The Morgan fingerprint density at radius 3 is 2.43 bits per heavy atom. The van der Waals surface area contributed by atoms with Gasteiger partial charge in [-0.15, -0.1) is 0 Å². The minimum Gasteiger partial charge on any atom is -0.435 e. The highest BCUT2D eigenvalue weighted by Gasteiger charge is 2.46. The number of pyridine rings is 1. The van der Waals surface area contributed by atoms with Crippen LogP contribution in [-0.4, -0.2) is 69.7 Å². The summed E-state index contributed by atoms with van der Waals surface area (Å²) in [4.78, 5) is 43.5. The summed E-state index contributed by atoms with van der Waals surface area (Å²) in [6, 6.07) is 10.3. The van der Waals surface area contributed by atoms with Crippen LogP contribution < -0.4 is 9.64 Å². The summed E-state index contributed by atoms with van der Waals surface area (Å²) in [7, 11) is 3.65. The maximum atomic E-state index is 13.1. The van der Waals surface area contributed by atoms with Gasteiger partial charge in [0, 0.05) is 80.7 Å². The van der Waals surface area contributed by atoms with E-state index < -0.39 is 12.5 Å². The van der Waals surface area contributed by atoms with Gasteiger partial charge in [-0.25, -0.2) is 15.0 Å². The summed E-state index contributed by atoms with van der Waals surface area (Å²) in [5.74, 6) is 1.000. The van der Waals surface area contributed by atoms with Gasteiger partial charge in [0.1, 0.15) is 17.1 Å². The number of fused-ring (bicyclic) bond motifs is 5. The summed E-state index contributed by atoms with van der Waals surface area (Å²) in [5, 5.41) is 0. The van der Waals surface area contributed by atoms with E-state index >= 15 is 0 Å². The van der Waals surface area contributed by atoms with Crippen LogP contribution in [-0.2, 0) is 4.79 Å². The van der Waals surface area contributed by atoms with Gasteiger partial charge in [-0.1, -0.05) is 18.2 Å². The van der Waals surface area contributed by atoms with Gasteiger partial charge in [0.05, 0.1) is 5.69 Å². The first kappa shape index (κ1) is 26.5. The van der Waals surface area contributed by atoms with E-state index in [0.717, 1.165) is 37.1 Å². The Morgan fingerprint density at radius 1 is 1.02 bits per heavy atom. The first-order valence-electron chi connectivity index (χ1n) is 14.2. The van der Waals surface area contributed by atoms with Crippen LogP contribution >= 0.6 is 0 Å². The molecule has 7 rings (SSSR count). The van der Waals surface area contributed by atoms with Crippen LogP contribution in [0.15, 0.2) is 55.0 Å². The highest BCUT2D eigenvalue weighted by Crippen LogP contribution is 2.44. The van der Waals surface area contributed by atoms with Crippen molar-refractivity contribution in [2.45, 2.75) is 31.8 Å². The molecule has 0 radical (unpaired) electrons. The third-order valence-corrected chi connectivity index (χ3v) is 8.96. The van der Waals surface area contributed by atoms with Gasteiger partial charge >= 0.3 is 6.61 Å². The number of halogens is 2. The van der Waals surface area contributed by atoms with E-state index in [-0.39, 0.29) is 29.8 Å². The van der Waals surface area contributed by atoms with Crippen LogP contribution in [0.4, 0.5) is 14.7 Å². The largest absolute Gasteiger partial charge is 0.435 e. The lowest BCUT2D eigenvalue weighted by Gasteiger charge is -2.38. The molecule has 42 heavy (non-hydrogen) atoms. The average Bonchev–Trinajstić information content (AvgIpc) is 3.60. The van der Waals surface area contributed by atoms with E-state index in [4.69, 9.17) is 4.74 Å². The number of hydrogen-bond donors (Lipinski definition) is 0. The van der Waals surface area contributed by atoms with Crippen LogP contribution in [0.3, 0.4) is 0 Å². The molecule has 1 saturated heterocycles. The van der Waals surface area contributed by atoms with Gasteiger partial charge in [0.2, 0.25) is 11.9 Å². The van der Waals surface area contributed by atoms with Gasteiger partial charge in [0.25, 0.3) is 0 Å². The fraction of sp³-hybridized carbons (Fsp3) is 0.387. The number of piperidine rings is 1. The van der Waals surface area contributed by atoms with E-state index in [1.165, 1.54) is 6.07 Å². The number of Topliss-reactive ketones (excluding diaryl/α,β-unsaturated/α-hetero) is 1. The van der Waals surface area contributed by atoms with Crippen LogP contribution in [0.25, 0.3) is 16.8 Å². The molecule has 1 aliphatic heterocycles. The predicted octanol–water partition coefficient (Wildman–Crippen LogP) is 4.66. The number of carbonyl (C=O) groups is 2. The Bertz CT molecular complexity index is 1670. The first-order valence-corrected chi connectivity index (χ1v) is 14.2. The summed E-state index contributed by atoms with van der Waals surface area (Å²) in [6.07, 6.45) is 7.68. The van der Waals surface area contributed by atoms with E-state index in [2.05, 4.69) is 19.9 Å². The second kappa shape index (κ2) is 10.1. The highest BCUT2D eigenvalue weighted by molar-refractivity contribution is 6.00. The number of ketones is 1. The number of ether oxygens (including phenoxy) is 1. The van der Waals surface area contributed by atoms with E-state index in [0.29, 0.717) is 40.4 Å². The molecule has 2 bridgehead atoms. The Balaban J connectivity index is 1.17. The second-order valence-electron chi connectivity index (χ2n) is 11.6. The molecule has 2 fully saturated rings. The summed E-state index contributed by atoms with van der Waals surface area (Å²) < 4.78 is 32.9. The summed E-state index contributed by atoms with van der Waals surface area (Å²) in [5.41, 5.74) is 3.75. The van der Waals surface area contributed by atoms with E-state index in [1.54, 1.807) is 35.5 Å². The zero-order valence-corrected chi connectivity index (χ0v) is 23.3. The molecule has 11 heteroatoms. The molecule has 1 unspecified atom stereocenters. The Kier molecular flexibility index (Phi) is 6.40. The monoisotopic (exact) mass is 572 g/mol. The number of rotatable bonds is 6. The molecular weight excluding hydrogens is 542 g/mol. The van der Waals surface area contributed by atoms with Crippen molar-refractivity contribution in [2.75, 3.05) is 32.1 Å². The smallest absolute Gasteiger partial charge is 0.387 e. The molecule has 4 aromatic rings. The standard InChI is InChI=1S/C31H30F2N6O3/c1-37(2)29(41)26-18-7-8-19(26)15-38(14-18)31-34-12-20(13-35-31)17-9-10-25-36-27-23(40)11-22(28(27)39(25)16-17)21-5-3-4-6-24(21)42-30(32)33/h3-6,9-10,12-13,16,18-19,22,26,30H,7-8,11,14-15H2,1-2H3/t18-,19+,22-,26?/m1/s1. The number of para-hydroxylation sites is 1. The first-order chi connectivity index (χ1) is 20.3. The number of hydrogen-bond acceptors (Lipinski definition) is 7. The van der Waals surface area contributed by atoms with Crippen molar-refractivity contribution in [3.63, 3.8) is 0 Å². The molecule has 2 aliphatic carbocycles. The van der Waals surface area contributed by atoms with Crippen LogP contribution in [0, 0.1) is 17.8 Å². The number of anilines is 1. The lowest BCUT2D eigenvalue weighted by atomic mass is 9.84. The molecule has 4 atom stereocenters. The predicted molar refractivity (Wildman–Crippen MR) is 151 cm³/mol. The number of alkyl halides is 2. The topological polar surface area (TPSA) is 92.9 Å². The number of benzene rings is 1. The van der Waals surface area contributed by atoms with Crippen molar-refractivity contribution >= 4 is 23.3 Å². The molecule has 1 saturated carbocycles. The quantitative estimate of drug-likeness (QED) is 0.332. The van der Waals surface area contributed by atoms with Gasteiger partial charge in [-0.05, 0) is 42.9 Å². The SMILES string of the molecule is CN(C)C(=O)C1[C@@H]2CC[C@H]1CN(c1ncc(-c3ccc4nc5c(n4c3)[C@@H](c3ccccc3OC(F)F)CC5=O)cn1)C2. The highest BCUT2D eigenvalue weighted by atomic mass is 19.3. The van der Waals surface area contributed by atoms with Crippen LogP contribution in [0.5, 0.6) is 5.75 Å². The van der Waals surface area contributed by atoms with Gasteiger partial charge in [0.15, 0.2) is 5.78 Å². The van der Waals surface area contributed by atoms with Gasteiger partial charge in [-0.2, -0.15) is 8.78 Å².